The molecule has 2 heterocycles. The molecule has 2 aromatic rings. The summed E-state index contributed by atoms with van der Waals surface area (Å²) in [4.78, 5) is 0. The van der Waals surface area contributed by atoms with Crippen molar-refractivity contribution < 1.29 is 4.74 Å². The minimum atomic E-state index is 0.225. The van der Waals surface area contributed by atoms with E-state index in [9.17, 15) is 0 Å². The Balaban J connectivity index is 1.75. The zero-order chi connectivity index (χ0) is 13.4. The van der Waals surface area contributed by atoms with Crippen LogP contribution in [-0.4, -0.2) is 25.8 Å². The SMILES string of the molecule is c1ccc2c(C3(CC4CCCN4)COC3)cccc2c1. The normalized spacial score (nSPS) is 24.7. The molecule has 1 N–H and O–H groups in total. The molecule has 0 amide bonds. The molecule has 1 atom stereocenters. The highest BCUT2D eigenvalue weighted by atomic mass is 16.5. The monoisotopic (exact) mass is 267 g/mol. The van der Waals surface area contributed by atoms with E-state index < -0.39 is 0 Å². The number of ether oxygens (including phenoxy) is 1. The molecule has 0 aromatic heterocycles. The molecule has 2 aliphatic heterocycles. The highest BCUT2D eigenvalue weighted by Gasteiger charge is 2.43. The topological polar surface area (TPSA) is 21.3 Å². The first kappa shape index (κ1) is 12.4. The van der Waals surface area contributed by atoms with E-state index in [0.717, 1.165) is 13.2 Å². The van der Waals surface area contributed by atoms with Crippen molar-refractivity contribution in [2.45, 2.75) is 30.7 Å². The van der Waals surface area contributed by atoms with Gasteiger partial charge in [-0.15, -0.1) is 0 Å². The Bertz CT molecular complexity index is 606. The van der Waals surface area contributed by atoms with E-state index in [1.807, 2.05) is 0 Å². The van der Waals surface area contributed by atoms with Crippen LogP contribution in [0, 0.1) is 0 Å². The molecule has 2 aromatic carbocycles. The average molecular weight is 267 g/mol. The van der Waals surface area contributed by atoms with Gasteiger partial charge in [-0.1, -0.05) is 42.5 Å². The Hall–Kier alpha value is -1.38. The number of fused-ring (bicyclic) bond motifs is 1. The molecular weight excluding hydrogens is 246 g/mol. The summed E-state index contributed by atoms with van der Waals surface area (Å²) in [5.41, 5.74) is 1.71. The molecule has 104 valence electrons. The number of rotatable bonds is 3. The lowest BCUT2D eigenvalue weighted by Crippen LogP contribution is -2.50. The highest BCUT2D eigenvalue weighted by Crippen LogP contribution is 2.41. The van der Waals surface area contributed by atoms with Crippen molar-refractivity contribution in [2.24, 2.45) is 0 Å². The third-order valence-corrected chi connectivity index (χ3v) is 4.92. The van der Waals surface area contributed by atoms with E-state index in [2.05, 4.69) is 47.8 Å². The van der Waals surface area contributed by atoms with Gasteiger partial charge in [-0.05, 0) is 42.1 Å². The maximum absolute atomic E-state index is 5.62. The number of hydrogen-bond donors (Lipinski definition) is 1. The van der Waals surface area contributed by atoms with Crippen molar-refractivity contribution in [2.75, 3.05) is 19.8 Å². The van der Waals surface area contributed by atoms with E-state index in [4.69, 9.17) is 4.74 Å². The fourth-order valence-electron chi connectivity index (χ4n) is 3.82. The van der Waals surface area contributed by atoms with Gasteiger partial charge in [0.05, 0.1) is 13.2 Å². The van der Waals surface area contributed by atoms with Crippen molar-refractivity contribution >= 4 is 10.8 Å². The van der Waals surface area contributed by atoms with Gasteiger partial charge in [0.2, 0.25) is 0 Å². The lowest BCUT2D eigenvalue weighted by atomic mass is 9.72. The van der Waals surface area contributed by atoms with Crippen LogP contribution in [0.3, 0.4) is 0 Å². The van der Waals surface area contributed by atoms with Crippen LogP contribution in [0.15, 0.2) is 42.5 Å². The van der Waals surface area contributed by atoms with Gasteiger partial charge in [0.25, 0.3) is 0 Å². The van der Waals surface area contributed by atoms with Gasteiger partial charge in [0.15, 0.2) is 0 Å². The van der Waals surface area contributed by atoms with Gasteiger partial charge in [-0.3, -0.25) is 0 Å². The van der Waals surface area contributed by atoms with E-state index in [1.165, 1.54) is 42.1 Å². The number of nitrogens with one attached hydrogen (secondary N) is 1. The third-order valence-electron chi connectivity index (χ3n) is 4.92. The van der Waals surface area contributed by atoms with Crippen LogP contribution >= 0.6 is 0 Å². The van der Waals surface area contributed by atoms with Crippen LogP contribution in [0.4, 0.5) is 0 Å². The Morgan fingerprint density at radius 1 is 1.10 bits per heavy atom. The fourth-order valence-corrected chi connectivity index (χ4v) is 3.82. The summed E-state index contributed by atoms with van der Waals surface area (Å²) in [6.45, 7) is 2.93. The second-order valence-electron chi connectivity index (χ2n) is 6.30. The van der Waals surface area contributed by atoms with Gasteiger partial charge in [-0.25, -0.2) is 0 Å². The van der Waals surface area contributed by atoms with Crippen LogP contribution in [-0.2, 0) is 10.2 Å². The summed E-state index contributed by atoms with van der Waals surface area (Å²) in [7, 11) is 0. The van der Waals surface area contributed by atoms with E-state index in [1.54, 1.807) is 0 Å². The molecule has 4 rings (SSSR count). The molecule has 2 aliphatic rings. The van der Waals surface area contributed by atoms with Crippen LogP contribution in [0.25, 0.3) is 10.8 Å². The minimum absolute atomic E-state index is 0.225. The van der Waals surface area contributed by atoms with Gasteiger partial charge in [0.1, 0.15) is 0 Å². The third kappa shape index (κ3) is 1.95. The zero-order valence-corrected chi connectivity index (χ0v) is 11.8. The molecule has 0 bridgehead atoms. The van der Waals surface area contributed by atoms with Crippen LogP contribution < -0.4 is 5.32 Å². The average Bonchev–Trinajstić information content (AvgIpc) is 2.95. The molecule has 0 radical (unpaired) electrons. The van der Waals surface area contributed by atoms with Crippen molar-refractivity contribution in [3.63, 3.8) is 0 Å². The summed E-state index contributed by atoms with van der Waals surface area (Å²) in [5, 5.41) is 6.39. The smallest absolute Gasteiger partial charge is 0.0586 e. The first-order valence-corrected chi connectivity index (χ1v) is 7.67. The van der Waals surface area contributed by atoms with Gasteiger partial charge in [-0.2, -0.15) is 0 Å². The predicted molar refractivity (Wildman–Crippen MR) is 82.1 cm³/mol. The number of benzene rings is 2. The summed E-state index contributed by atoms with van der Waals surface area (Å²) < 4.78 is 5.62. The van der Waals surface area contributed by atoms with Crippen LogP contribution in [0.2, 0.25) is 0 Å². The van der Waals surface area contributed by atoms with Crippen molar-refractivity contribution in [3.8, 4) is 0 Å². The number of hydrogen-bond acceptors (Lipinski definition) is 2. The molecule has 2 saturated heterocycles. The van der Waals surface area contributed by atoms with Gasteiger partial charge in [0, 0.05) is 11.5 Å². The Labute approximate surface area is 120 Å². The highest BCUT2D eigenvalue weighted by molar-refractivity contribution is 5.86. The van der Waals surface area contributed by atoms with Crippen molar-refractivity contribution in [1.82, 2.24) is 5.32 Å². The zero-order valence-electron chi connectivity index (χ0n) is 11.8. The largest absolute Gasteiger partial charge is 0.379 e. The fraction of sp³-hybridized carbons (Fsp3) is 0.444. The maximum atomic E-state index is 5.62. The summed E-state index contributed by atoms with van der Waals surface area (Å²) in [6, 6.07) is 16.1. The molecule has 2 heteroatoms. The second-order valence-corrected chi connectivity index (χ2v) is 6.30. The molecule has 0 aliphatic carbocycles. The molecule has 0 saturated carbocycles. The Kier molecular flexibility index (Phi) is 3.01. The van der Waals surface area contributed by atoms with Crippen LogP contribution in [0.5, 0.6) is 0 Å². The molecular formula is C18H21NO. The Morgan fingerprint density at radius 3 is 2.70 bits per heavy atom. The first-order chi connectivity index (χ1) is 9.87. The van der Waals surface area contributed by atoms with Gasteiger partial charge < -0.3 is 10.1 Å². The summed E-state index contributed by atoms with van der Waals surface area (Å²) in [5.74, 6) is 0. The van der Waals surface area contributed by atoms with Crippen molar-refractivity contribution in [1.29, 1.82) is 0 Å². The van der Waals surface area contributed by atoms with Crippen LogP contribution in [0.1, 0.15) is 24.8 Å². The Morgan fingerprint density at radius 2 is 1.95 bits per heavy atom. The molecule has 20 heavy (non-hydrogen) atoms. The standard InChI is InChI=1S/C18H21NO/c1-2-8-16-14(5-1)6-3-9-17(16)18(12-20-13-18)11-15-7-4-10-19-15/h1-3,5-6,8-9,15,19H,4,7,10-13H2. The van der Waals surface area contributed by atoms with E-state index >= 15 is 0 Å². The summed E-state index contributed by atoms with van der Waals surface area (Å²) >= 11 is 0. The van der Waals surface area contributed by atoms with E-state index in [0.29, 0.717) is 6.04 Å². The van der Waals surface area contributed by atoms with Gasteiger partial charge >= 0.3 is 0 Å². The lowest BCUT2D eigenvalue weighted by Gasteiger charge is -2.44. The summed E-state index contributed by atoms with van der Waals surface area (Å²) in [6.07, 6.45) is 3.84. The predicted octanol–water partition coefficient (Wildman–Crippen LogP) is 3.25. The quantitative estimate of drug-likeness (QED) is 0.921. The lowest BCUT2D eigenvalue weighted by molar-refractivity contribution is -0.0671. The second kappa shape index (κ2) is 4.87. The molecule has 2 nitrogen and oxygen atoms in total. The first-order valence-electron chi connectivity index (χ1n) is 7.67. The molecule has 0 spiro atoms. The minimum Gasteiger partial charge on any atom is -0.379 e. The molecule has 1 unspecified atom stereocenters. The molecule has 2 fully saturated rings. The van der Waals surface area contributed by atoms with Crippen molar-refractivity contribution in [3.05, 3.63) is 48.0 Å². The maximum Gasteiger partial charge on any atom is 0.0586 e. The van der Waals surface area contributed by atoms with E-state index in [-0.39, 0.29) is 5.41 Å².